The van der Waals surface area contributed by atoms with E-state index < -0.39 is 0 Å². The summed E-state index contributed by atoms with van der Waals surface area (Å²) in [6.45, 7) is 1.81. The van der Waals surface area contributed by atoms with E-state index in [1.54, 1.807) is 24.9 Å². The highest BCUT2D eigenvalue weighted by molar-refractivity contribution is 5.98. The molecule has 120 valence electrons. The van der Waals surface area contributed by atoms with Gasteiger partial charge in [0.15, 0.2) is 5.82 Å². The maximum Gasteiger partial charge on any atom is 0.245 e. The minimum absolute atomic E-state index is 0.0641. The monoisotopic (exact) mass is 321 g/mol. The van der Waals surface area contributed by atoms with Gasteiger partial charge >= 0.3 is 0 Å². The lowest BCUT2D eigenvalue weighted by Crippen LogP contribution is -2.30. The van der Waals surface area contributed by atoms with Gasteiger partial charge in [0.25, 0.3) is 0 Å². The second kappa shape index (κ2) is 6.38. The molecule has 3 aromatic rings. The average Bonchev–Trinajstić information content (AvgIpc) is 2.98. The summed E-state index contributed by atoms with van der Waals surface area (Å²) in [5.41, 5.74) is 1.86. The van der Waals surface area contributed by atoms with Crippen LogP contribution in [0.1, 0.15) is 11.3 Å². The van der Waals surface area contributed by atoms with Gasteiger partial charge in [-0.05, 0) is 13.0 Å². The van der Waals surface area contributed by atoms with Crippen LogP contribution in [0.4, 0.5) is 11.5 Å². The Morgan fingerprint density at radius 3 is 2.92 bits per heavy atom. The van der Waals surface area contributed by atoms with Gasteiger partial charge in [0, 0.05) is 24.7 Å². The summed E-state index contributed by atoms with van der Waals surface area (Å²) in [4.78, 5) is 18.2. The number of nitriles is 1. The SMILES string of the molecule is Cc1cc(NC(=O)CN(C)c2c(C#N)cnc3ccccc23)no1. The number of nitrogens with zero attached hydrogens (tertiary/aromatic N) is 4. The molecule has 0 saturated carbocycles. The minimum Gasteiger partial charge on any atom is -0.364 e. The molecule has 0 bridgehead atoms. The Labute approximate surface area is 138 Å². The number of hydrogen-bond donors (Lipinski definition) is 1. The van der Waals surface area contributed by atoms with Crippen LogP contribution in [-0.2, 0) is 4.79 Å². The van der Waals surface area contributed by atoms with Crippen molar-refractivity contribution in [2.24, 2.45) is 0 Å². The molecule has 24 heavy (non-hydrogen) atoms. The van der Waals surface area contributed by atoms with Crippen LogP contribution in [0.15, 0.2) is 41.1 Å². The number of fused-ring (bicyclic) bond motifs is 1. The molecule has 0 atom stereocenters. The van der Waals surface area contributed by atoms with Gasteiger partial charge in [-0.3, -0.25) is 9.78 Å². The maximum atomic E-state index is 12.2. The van der Waals surface area contributed by atoms with Gasteiger partial charge in [0.2, 0.25) is 5.91 Å². The number of carbonyl (C=O) groups excluding carboxylic acids is 1. The number of aryl methyl sites for hydroxylation is 1. The number of pyridine rings is 1. The van der Waals surface area contributed by atoms with E-state index in [4.69, 9.17) is 4.52 Å². The molecule has 2 heterocycles. The van der Waals surface area contributed by atoms with Gasteiger partial charge in [-0.1, -0.05) is 23.4 Å². The molecule has 3 rings (SSSR count). The Kier molecular flexibility index (Phi) is 4.12. The summed E-state index contributed by atoms with van der Waals surface area (Å²) >= 11 is 0. The molecule has 0 unspecified atom stereocenters. The summed E-state index contributed by atoms with van der Waals surface area (Å²) in [5.74, 6) is 0.729. The third-order valence-corrected chi connectivity index (χ3v) is 3.53. The molecule has 1 N–H and O–H groups in total. The van der Waals surface area contributed by atoms with Gasteiger partial charge in [-0.15, -0.1) is 0 Å². The van der Waals surface area contributed by atoms with Crippen LogP contribution in [0.2, 0.25) is 0 Å². The Morgan fingerprint density at radius 2 is 2.21 bits per heavy atom. The summed E-state index contributed by atoms with van der Waals surface area (Å²) in [5, 5.41) is 16.6. The summed E-state index contributed by atoms with van der Waals surface area (Å²) < 4.78 is 4.92. The molecule has 1 aromatic carbocycles. The highest BCUT2D eigenvalue weighted by Crippen LogP contribution is 2.28. The van der Waals surface area contributed by atoms with Crippen LogP contribution in [0.3, 0.4) is 0 Å². The van der Waals surface area contributed by atoms with Crippen molar-refractivity contribution in [1.29, 1.82) is 5.26 Å². The molecule has 0 aliphatic rings. The third-order valence-electron chi connectivity index (χ3n) is 3.53. The van der Waals surface area contributed by atoms with Crippen molar-refractivity contribution >= 4 is 28.3 Å². The van der Waals surface area contributed by atoms with Crippen molar-refractivity contribution in [3.8, 4) is 6.07 Å². The first kappa shape index (κ1) is 15.5. The number of benzene rings is 1. The first-order chi connectivity index (χ1) is 11.6. The molecule has 0 saturated heterocycles. The standard InChI is InChI=1S/C17H15N5O2/c1-11-7-15(21-24-11)20-16(23)10-22(2)17-12(8-18)9-19-14-6-4-3-5-13(14)17/h3-7,9H,10H2,1-2H3,(H,20,21,23). The van der Waals surface area contributed by atoms with Crippen LogP contribution in [0, 0.1) is 18.3 Å². The first-order valence-corrected chi connectivity index (χ1v) is 7.30. The van der Waals surface area contributed by atoms with Crippen molar-refractivity contribution < 1.29 is 9.32 Å². The lowest BCUT2D eigenvalue weighted by Gasteiger charge is -2.21. The second-order valence-electron chi connectivity index (χ2n) is 5.38. The molecular formula is C17H15N5O2. The fraction of sp³-hybridized carbons (Fsp3) is 0.176. The number of likely N-dealkylation sites (N-methyl/N-ethyl adjacent to an activating group) is 1. The van der Waals surface area contributed by atoms with Crippen molar-refractivity contribution in [3.05, 3.63) is 47.9 Å². The lowest BCUT2D eigenvalue weighted by atomic mass is 10.1. The molecule has 0 aliphatic heterocycles. The average molecular weight is 321 g/mol. The number of para-hydroxylation sites is 1. The molecule has 0 fully saturated rings. The smallest absolute Gasteiger partial charge is 0.245 e. The molecular weight excluding hydrogens is 306 g/mol. The normalized spacial score (nSPS) is 10.4. The van der Waals surface area contributed by atoms with E-state index in [9.17, 15) is 10.1 Å². The van der Waals surface area contributed by atoms with E-state index >= 15 is 0 Å². The van der Waals surface area contributed by atoms with Crippen molar-refractivity contribution in [1.82, 2.24) is 10.1 Å². The number of nitrogens with one attached hydrogen (secondary N) is 1. The van der Waals surface area contributed by atoms with E-state index in [2.05, 4.69) is 21.5 Å². The Bertz CT molecular complexity index is 942. The quantitative estimate of drug-likeness (QED) is 0.793. The summed E-state index contributed by atoms with van der Waals surface area (Å²) in [6, 6.07) is 11.3. The Hall–Kier alpha value is -3.40. The van der Waals surface area contributed by atoms with Crippen molar-refractivity contribution in [2.45, 2.75) is 6.92 Å². The predicted molar refractivity (Wildman–Crippen MR) is 89.6 cm³/mol. The van der Waals surface area contributed by atoms with E-state index in [0.29, 0.717) is 22.8 Å². The molecule has 0 radical (unpaired) electrons. The van der Waals surface area contributed by atoms with Crippen LogP contribution < -0.4 is 10.2 Å². The van der Waals surface area contributed by atoms with Crippen LogP contribution in [-0.4, -0.2) is 29.6 Å². The predicted octanol–water partition coefficient (Wildman–Crippen LogP) is 2.48. The van der Waals surface area contributed by atoms with Crippen LogP contribution >= 0.6 is 0 Å². The van der Waals surface area contributed by atoms with Gasteiger partial charge in [0.05, 0.1) is 23.3 Å². The minimum atomic E-state index is -0.254. The number of hydrogen-bond acceptors (Lipinski definition) is 6. The van der Waals surface area contributed by atoms with Gasteiger partial charge < -0.3 is 14.7 Å². The van der Waals surface area contributed by atoms with E-state index in [-0.39, 0.29) is 12.5 Å². The number of aromatic nitrogens is 2. The van der Waals surface area contributed by atoms with Crippen LogP contribution in [0.5, 0.6) is 0 Å². The molecule has 1 amide bonds. The largest absolute Gasteiger partial charge is 0.364 e. The maximum absolute atomic E-state index is 12.2. The van der Waals surface area contributed by atoms with E-state index in [0.717, 1.165) is 10.9 Å². The zero-order chi connectivity index (χ0) is 17.1. The van der Waals surface area contributed by atoms with Gasteiger partial charge in [-0.25, -0.2) is 0 Å². The Morgan fingerprint density at radius 1 is 1.42 bits per heavy atom. The topological polar surface area (TPSA) is 95.1 Å². The second-order valence-corrected chi connectivity index (χ2v) is 5.38. The van der Waals surface area contributed by atoms with Crippen LogP contribution in [0.25, 0.3) is 10.9 Å². The van der Waals surface area contributed by atoms with E-state index in [1.807, 2.05) is 24.3 Å². The molecule has 2 aromatic heterocycles. The first-order valence-electron chi connectivity index (χ1n) is 7.30. The fourth-order valence-electron chi connectivity index (χ4n) is 2.52. The van der Waals surface area contributed by atoms with Gasteiger partial charge in [0.1, 0.15) is 11.8 Å². The zero-order valence-electron chi connectivity index (χ0n) is 13.3. The fourth-order valence-corrected chi connectivity index (χ4v) is 2.52. The molecule has 0 aliphatic carbocycles. The number of rotatable bonds is 4. The van der Waals surface area contributed by atoms with Crippen molar-refractivity contribution in [3.63, 3.8) is 0 Å². The Balaban J connectivity index is 1.86. The zero-order valence-corrected chi connectivity index (χ0v) is 13.3. The molecule has 7 nitrogen and oxygen atoms in total. The summed E-state index contributed by atoms with van der Waals surface area (Å²) in [7, 11) is 1.76. The molecule has 0 spiro atoms. The van der Waals surface area contributed by atoms with E-state index in [1.165, 1.54) is 6.20 Å². The number of carbonyl (C=O) groups is 1. The lowest BCUT2D eigenvalue weighted by molar-refractivity contribution is -0.115. The number of anilines is 2. The summed E-state index contributed by atoms with van der Waals surface area (Å²) in [6.07, 6.45) is 1.52. The molecule has 7 heteroatoms. The van der Waals surface area contributed by atoms with Gasteiger partial charge in [-0.2, -0.15) is 5.26 Å². The third kappa shape index (κ3) is 3.03. The van der Waals surface area contributed by atoms with Crippen molar-refractivity contribution in [2.75, 3.05) is 23.8 Å². The number of amides is 1. The highest BCUT2D eigenvalue weighted by Gasteiger charge is 2.16. The highest BCUT2D eigenvalue weighted by atomic mass is 16.5.